The molecule has 0 radical (unpaired) electrons. The fourth-order valence-corrected chi connectivity index (χ4v) is 3.37. The molecule has 0 spiro atoms. The molecule has 1 aliphatic carbocycles. The lowest BCUT2D eigenvalue weighted by Crippen LogP contribution is -1.94. The van der Waals surface area contributed by atoms with E-state index in [0.717, 1.165) is 40.7 Å². The van der Waals surface area contributed by atoms with Crippen LogP contribution in [0.15, 0.2) is 66.7 Å². The second-order valence-electron chi connectivity index (χ2n) is 6.11. The van der Waals surface area contributed by atoms with Gasteiger partial charge in [-0.2, -0.15) is 0 Å². The molecule has 0 saturated heterocycles. The average Bonchev–Trinajstić information content (AvgIpc) is 2.73. The number of hydrogen-bond donors (Lipinski definition) is 1. The highest BCUT2D eigenvalue weighted by Crippen LogP contribution is 2.35. The summed E-state index contributed by atoms with van der Waals surface area (Å²) < 4.78 is 13.9. The molecular formula is C22H17FO. The van der Waals surface area contributed by atoms with Crippen molar-refractivity contribution in [2.45, 2.75) is 12.8 Å². The van der Waals surface area contributed by atoms with Crippen molar-refractivity contribution in [3.05, 3.63) is 100 Å². The first-order valence-electron chi connectivity index (χ1n) is 8.08. The van der Waals surface area contributed by atoms with Crippen LogP contribution in [0.25, 0.3) is 11.6 Å². The molecule has 0 aromatic heterocycles. The van der Waals surface area contributed by atoms with Gasteiger partial charge in [-0.3, -0.25) is 0 Å². The topological polar surface area (TPSA) is 20.2 Å². The second kappa shape index (κ2) is 5.97. The number of aryl methyl sites for hydroxylation is 2. The van der Waals surface area contributed by atoms with Gasteiger partial charge in [0, 0.05) is 0 Å². The van der Waals surface area contributed by atoms with Crippen LogP contribution in [0.4, 0.5) is 4.39 Å². The van der Waals surface area contributed by atoms with Gasteiger partial charge in [-0.1, -0.05) is 42.5 Å². The summed E-state index contributed by atoms with van der Waals surface area (Å²) in [6, 6.07) is 20.4. The molecule has 1 N–H and O–H groups in total. The smallest absolute Gasteiger partial charge is 0.123 e. The van der Waals surface area contributed by atoms with Gasteiger partial charge in [0.2, 0.25) is 0 Å². The largest absolute Gasteiger partial charge is 0.508 e. The van der Waals surface area contributed by atoms with Crippen LogP contribution in [-0.4, -0.2) is 5.11 Å². The Morgan fingerprint density at radius 2 is 1.58 bits per heavy atom. The number of benzene rings is 3. The summed E-state index contributed by atoms with van der Waals surface area (Å²) in [5.74, 6) is 0.000614. The number of hydrogen-bond acceptors (Lipinski definition) is 1. The van der Waals surface area contributed by atoms with Crippen molar-refractivity contribution in [1.82, 2.24) is 0 Å². The molecule has 24 heavy (non-hydrogen) atoms. The molecule has 0 aliphatic heterocycles. The number of rotatable bonds is 1. The number of phenolic OH excluding ortho intramolecular Hbond substituents is 1. The summed E-state index contributed by atoms with van der Waals surface area (Å²) in [5.41, 5.74) is 6.38. The molecule has 0 atom stereocenters. The van der Waals surface area contributed by atoms with Crippen molar-refractivity contribution in [1.29, 1.82) is 0 Å². The van der Waals surface area contributed by atoms with Gasteiger partial charge in [0.1, 0.15) is 11.6 Å². The monoisotopic (exact) mass is 316 g/mol. The van der Waals surface area contributed by atoms with Gasteiger partial charge < -0.3 is 5.11 Å². The van der Waals surface area contributed by atoms with E-state index in [2.05, 4.69) is 12.1 Å². The Labute approximate surface area is 140 Å². The van der Waals surface area contributed by atoms with Crippen molar-refractivity contribution in [3.8, 4) is 5.75 Å². The molecule has 3 aromatic carbocycles. The van der Waals surface area contributed by atoms with Gasteiger partial charge in [-0.05, 0) is 76.6 Å². The van der Waals surface area contributed by atoms with Crippen LogP contribution in [0.1, 0.15) is 27.8 Å². The zero-order valence-corrected chi connectivity index (χ0v) is 13.2. The van der Waals surface area contributed by atoms with E-state index in [-0.39, 0.29) is 11.6 Å². The van der Waals surface area contributed by atoms with Crippen molar-refractivity contribution in [2.75, 3.05) is 0 Å². The fraction of sp³-hybridized carbons (Fsp3) is 0.0909. The summed E-state index contributed by atoms with van der Waals surface area (Å²) >= 11 is 0. The van der Waals surface area contributed by atoms with Crippen LogP contribution in [-0.2, 0) is 12.8 Å². The molecule has 0 saturated carbocycles. The second-order valence-corrected chi connectivity index (χ2v) is 6.11. The predicted molar refractivity (Wildman–Crippen MR) is 95.3 cm³/mol. The molecule has 0 fully saturated rings. The van der Waals surface area contributed by atoms with Crippen LogP contribution < -0.4 is 0 Å². The highest BCUT2D eigenvalue weighted by Gasteiger charge is 2.18. The van der Waals surface area contributed by atoms with Gasteiger partial charge in [0.15, 0.2) is 0 Å². The Kier molecular flexibility index (Phi) is 3.66. The summed E-state index contributed by atoms with van der Waals surface area (Å²) in [6.07, 6.45) is 3.86. The highest BCUT2D eigenvalue weighted by atomic mass is 19.1. The summed E-state index contributed by atoms with van der Waals surface area (Å²) in [7, 11) is 0. The quantitative estimate of drug-likeness (QED) is 0.652. The predicted octanol–water partition coefficient (Wildman–Crippen LogP) is 5.22. The standard InChI is InChI=1S/C22H17FO/c23-18-11-10-17-9-8-16-5-1-2-7-20(16)22(21(17)14-18)13-15-4-3-6-19(24)12-15/h1-7,10-14,24H,8-9H2. The Hall–Kier alpha value is -2.87. The van der Waals surface area contributed by atoms with Gasteiger partial charge in [0.05, 0.1) is 0 Å². The first-order valence-corrected chi connectivity index (χ1v) is 8.08. The van der Waals surface area contributed by atoms with Crippen LogP contribution in [0.5, 0.6) is 5.75 Å². The molecule has 4 rings (SSSR count). The van der Waals surface area contributed by atoms with E-state index in [1.807, 2.05) is 36.4 Å². The maximum absolute atomic E-state index is 13.9. The van der Waals surface area contributed by atoms with Crippen molar-refractivity contribution in [2.24, 2.45) is 0 Å². The molecule has 0 heterocycles. The molecule has 118 valence electrons. The Bertz CT molecular complexity index is 940. The van der Waals surface area contributed by atoms with E-state index < -0.39 is 0 Å². The summed E-state index contributed by atoms with van der Waals surface area (Å²) in [4.78, 5) is 0. The van der Waals surface area contributed by atoms with Gasteiger partial charge in [0.25, 0.3) is 0 Å². The normalized spacial score (nSPS) is 14.8. The Morgan fingerprint density at radius 1 is 0.792 bits per heavy atom. The van der Waals surface area contributed by atoms with Gasteiger partial charge in [-0.15, -0.1) is 0 Å². The molecule has 3 aromatic rings. The van der Waals surface area contributed by atoms with E-state index in [1.165, 1.54) is 11.6 Å². The maximum atomic E-state index is 13.9. The lowest BCUT2D eigenvalue weighted by molar-refractivity contribution is 0.475. The number of aromatic hydroxyl groups is 1. The molecular weight excluding hydrogens is 299 g/mol. The van der Waals surface area contributed by atoms with E-state index in [4.69, 9.17) is 0 Å². The van der Waals surface area contributed by atoms with Gasteiger partial charge in [-0.25, -0.2) is 4.39 Å². The minimum atomic E-state index is -0.227. The molecule has 0 amide bonds. The van der Waals surface area contributed by atoms with Crippen LogP contribution >= 0.6 is 0 Å². The Morgan fingerprint density at radius 3 is 2.42 bits per heavy atom. The van der Waals surface area contributed by atoms with Crippen molar-refractivity contribution in [3.63, 3.8) is 0 Å². The van der Waals surface area contributed by atoms with Crippen molar-refractivity contribution >= 4 is 11.6 Å². The van der Waals surface area contributed by atoms with Crippen molar-refractivity contribution < 1.29 is 9.50 Å². The minimum Gasteiger partial charge on any atom is -0.508 e. The number of halogens is 1. The summed E-state index contributed by atoms with van der Waals surface area (Å²) in [5, 5.41) is 9.74. The summed E-state index contributed by atoms with van der Waals surface area (Å²) in [6.45, 7) is 0. The minimum absolute atomic E-state index is 0.227. The number of phenols is 1. The fourth-order valence-electron chi connectivity index (χ4n) is 3.37. The number of fused-ring (bicyclic) bond motifs is 2. The lowest BCUT2D eigenvalue weighted by atomic mass is 9.92. The van der Waals surface area contributed by atoms with Crippen LogP contribution in [0.2, 0.25) is 0 Å². The van der Waals surface area contributed by atoms with E-state index in [9.17, 15) is 9.50 Å². The zero-order valence-electron chi connectivity index (χ0n) is 13.2. The molecule has 1 aliphatic rings. The average molecular weight is 316 g/mol. The third kappa shape index (κ3) is 2.71. The first kappa shape index (κ1) is 14.7. The molecule has 2 heteroatoms. The van der Waals surface area contributed by atoms with Crippen LogP contribution in [0.3, 0.4) is 0 Å². The SMILES string of the molecule is Oc1cccc(C=C2c3ccccc3CCc3ccc(F)cc32)c1. The zero-order chi connectivity index (χ0) is 16.5. The van der Waals surface area contributed by atoms with E-state index in [0.29, 0.717) is 0 Å². The highest BCUT2D eigenvalue weighted by molar-refractivity contribution is 5.94. The molecule has 0 bridgehead atoms. The van der Waals surface area contributed by atoms with Gasteiger partial charge >= 0.3 is 0 Å². The van der Waals surface area contributed by atoms with Crippen LogP contribution in [0, 0.1) is 5.82 Å². The Balaban J connectivity index is 1.98. The first-order chi connectivity index (χ1) is 11.7. The molecule has 0 unspecified atom stereocenters. The maximum Gasteiger partial charge on any atom is 0.123 e. The van der Waals surface area contributed by atoms with E-state index in [1.54, 1.807) is 18.2 Å². The third-order valence-corrected chi connectivity index (χ3v) is 4.51. The third-order valence-electron chi connectivity index (χ3n) is 4.51. The lowest BCUT2D eigenvalue weighted by Gasteiger charge is -2.12. The van der Waals surface area contributed by atoms with E-state index >= 15 is 0 Å². The molecule has 1 nitrogen and oxygen atoms in total.